The fourth-order valence-electron chi connectivity index (χ4n) is 2.58. The molecule has 1 fully saturated rings. The molecule has 0 radical (unpaired) electrons. The van der Waals surface area contributed by atoms with E-state index in [2.05, 4.69) is 18.6 Å². The molecule has 0 N–H and O–H groups in total. The van der Waals surface area contributed by atoms with Crippen molar-refractivity contribution in [1.82, 2.24) is 4.90 Å². The van der Waals surface area contributed by atoms with Crippen LogP contribution in [0.3, 0.4) is 0 Å². The predicted octanol–water partition coefficient (Wildman–Crippen LogP) is 2.32. The lowest BCUT2D eigenvalue weighted by Gasteiger charge is -2.39. The largest absolute Gasteiger partial charge is 0.469 e. The summed E-state index contributed by atoms with van der Waals surface area (Å²) >= 11 is 1.52. The number of thioether (sulfide) groups is 1. The first kappa shape index (κ1) is 16.3. The van der Waals surface area contributed by atoms with Gasteiger partial charge in [0.1, 0.15) is 0 Å². The number of hydrogen-bond acceptors (Lipinski definition) is 4. The lowest BCUT2D eigenvalue weighted by Crippen LogP contribution is -2.48. The van der Waals surface area contributed by atoms with E-state index in [0.717, 1.165) is 12.8 Å². The van der Waals surface area contributed by atoms with Crippen molar-refractivity contribution >= 4 is 23.6 Å². The van der Waals surface area contributed by atoms with Gasteiger partial charge < -0.3 is 9.64 Å². The summed E-state index contributed by atoms with van der Waals surface area (Å²) in [5.41, 5.74) is 0. The van der Waals surface area contributed by atoms with E-state index in [0.29, 0.717) is 23.6 Å². The summed E-state index contributed by atoms with van der Waals surface area (Å²) in [6, 6.07) is 0.685. The van der Waals surface area contributed by atoms with Crippen molar-refractivity contribution in [3.63, 3.8) is 0 Å². The van der Waals surface area contributed by atoms with Gasteiger partial charge in [-0.25, -0.2) is 0 Å². The summed E-state index contributed by atoms with van der Waals surface area (Å²) in [5.74, 6) is 0.922. The van der Waals surface area contributed by atoms with Crippen molar-refractivity contribution in [3.05, 3.63) is 0 Å². The van der Waals surface area contributed by atoms with Crippen LogP contribution in [-0.4, -0.2) is 47.5 Å². The maximum Gasteiger partial charge on any atom is 0.309 e. The molecule has 1 saturated heterocycles. The predicted molar refractivity (Wildman–Crippen MR) is 78.1 cm³/mol. The van der Waals surface area contributed by atoms with Crippen molar-refractivity contribution < 1.29 is 14.3 Å². The molecule has 0 aliphatic carbocycles. The van der Waals surface area contributed by atoms with E-state index >= 15 is 0 Å². The number of esters is 1. The molecule has 1 aliphatic heterocycles. The van der Waals surface area contributed by atoms with E-state index in [1.54, 1.807) is 0 Å². The van der Waals surface area contributed by atoms with Crippen molar-refractivity contribution in [1.29, 1.82) is 0 Å². The third-order valence-corrected chi connectivity index (χ3v) is 4.87. The van der Waals surface area contributed by atoms with Gasteiger partial charge in [0.2, 0.25) is 5.91 Å². The summed E-state index contributed by atoms with van der Waals surface area (Å²) in [7, 11) is 1.39. The van der Waals surface area contributed by atoms with Gasteiger partial charge in [0.05, 0.1) is 18.8 Å². The normalized spacial score (nSPS) is 24.9. The summed E-state index contributed by atoms with van der Waals surface area (Å²) < 4.78 is 4.67. The lowest BCUT2D eigenvalue weighted by atomic mass is 9.98. The number of hydrogen-bond donors (Lipinski definition) is 0. The van der Waals surface area contributed by atoms with E-state index in [9.17, 15) is 9.59 Å². The summed E-state index contributed by atoms with van der Waals surface area (Å²) in [6.07, 6.45) is 3.40. The van der Waals surface area contributed by atoms with Gasteiger partial charge in [-0.2, -0.15) is 11.8 Å². The maximum absolute atomic E-state index is 12.2. The number of ether oxygens (including phenoxy) is 1. The van der Waals surface area contributed by atoms with E-state index in [1.165, 1.54) is 25.3 Å². The van der Waals surface area contributed by atoms with Crippen LogP contribution in [0.1, 0.15) is 40.0 Å². The van der Waals surface area contributed by atoms with Crippen LogP contribution in [0.5, 0.6) is 0 Å². The number of carbonyl (C=O) groups is 2. The molecule has 0 aromatic carbocycles. The molecule has 3 atom stereocenters. The van der Waals surface area contributed by atoms with Gasteiger partial charge in [0.25, 0.3) is 0 Å². The molecule has 5 heteroatoms. The van der Waals surface area contributed by atoms with E-state index in [-0.39, 0.29) is 17.8 Å². The smallest absolute Gasteiger partial charge is 0.309 e. The van der Waals surface area contributed by atoms with Crippen LogP contribution in [-0.2, 0) is 14.3 Å². The van der Waals surface area contributed by atoms with Gasteiger partial charge in [-0.3, -0.25) is 9.59 Å². The van der Waals surface area contributed by atoms with Crippen LogP contribution in [0, 0.1) is 5.92 Å². The Morgan fingerprint density at radius 2 is 1.89 bits per heavy atom. The standard InChI is InChI=1S/C14H25NO3S/c1-10(14(17)18-4)8-19-9-13(16)15-11(2)6-5-7-12(15)3/h10-12H,5-9H2,1-4H3. The SMILES string of the molecule is COC(=O)C(C)CSCC(=O)N1C(C)CCCC1C. The van der Waals surface area contributed by atoms with Crippen molar-refractivity contribution in [2.75, 3.05) is 18.6 Å². The Morgan fingerprint density at radius 3 is 2.42 bits per heavy atom. The topological polar surface area (TPSA) is 46.6 Å². The van der Waals surface area contributed by atoms with Crippen LogP contribution in [0.25, 0.3) is 0 Å². The number of rotatable bonds is 5. The second-order valence-corrected chi connectivity index (χ2v) is 6.40. The first-order chi connectivity index (χ1) is 8.97. The highest BCUT2D eigenvalue weighted by molar-refractivity contribution is 7.99. The molecular formula is C14H25NO3S. The third kappa shape index (κ3) is 4.71. The van der Waals surface area contributed by atoms with Crippen LogP contribution >= 0.6 is 11.8 Å². The minimum atomic E-state index is -0.209. The van der Waals surface area contributed by atoms with E-state index in [1.807, 2.05) is 11.8 Å². The summed E-state index contributed by atoms with van der Waals surface area (Å²) in [5, 5.41) is 0. The molecule has 19 heavy (non-hydrogen) atoms. The first-order valence-electron chi connectivity index (χ1n) is 6.94. The fourth-order valence-corrected chi connectivity index (χ4v) is 3.51. The van der Waals surface area contributed by atoms with Gasteiger partial charge in [-0.1, -0.05) is 6.92 Å². The molecule has 0 spiro atoms. The Bertz CT molecular complexity index is 312. The Morgan fingerprint density at radius 1 is 1.32 bits per heavy atom. The Balaban J connectivity index is 2.36. The highest BCUT2D eigenvalue weighted by Crippen LogP contribution is 2.23. The highest BCUT2D eigenvalue weighted by Gasteiger charge is 2.28. The quantitative estimate of drug-likeness (QED) is 0.728. The maximum atomic E-state index is 12.2. The number of nitrogens with zero attached hydrogens (tertiary/aromatic N) is 1. The van der Waals surface area contributed by atoms with Crippen molar-refractivity contribution in [2.45, 2.75) is 52.1 Å². The third-order valence-electron chi connectivity index (χ3n) is 3.68. The second kappa shape index (κ2) is 7.78. The number of likely N-dealkylation sites (tertiary alicyclic amines) is 1. The molecule has 1 rings (SSSR count). The minimum Gasteiger partial charge on any atom is -0.469 e. The van der Waals surface area contributed by atoms with E-state index in [4.69, 9.17) is 0 Å². The first-order valence-corrected chi connectivity index (χ1v) is 8.09. The molecular weight excluding hydrogens is 262 g/mol. The zero-order chi connectivity index (χ0) is 14.4. The molecule has 0 aromatic heterocycles. The molecule has 110 valence electrons. The lowest BCUT2D eigenvalue weighted by molar-refractivity contribution is -0.144. The van der Waals surface area contributed by atoms with Crippen LogP contribution < -0.4 is 0 Å². The molecule has 1 aliphatic rings. The summed E-state index contributed by atoms with van der Waals surface area (Å²) in [6.45, 7) is 6.07. The van der Waals surface area contributed by atoms with Crippen LogP contribution in [0.15, 0.2) is 0 Å². The fraction of sp³-hybridized carbons (Fsp3) is 0.857. The zero-order valence-corrected chi connectivity index (χ0v) is 13.2. The average molecular weight is 287 g/mol. The van der Waals surface area contributed by atoms with Gasteiger partial charge in [-0.15, -0.1) is 0 Å². The van der Waals surface area contributed by atoms with Gasteiger partial charge in [0.15, 0.2) is 0 Å². The Kier molecular flexibility index (Phi) is 6.69. The van der Waals surface area contributed by atoms with Crippen molar-refractivity contribution in [2.24, 2.45) is 5.92 Å². The molecule has 1 heterocycles. The molecule has 0 bridgehead atoms. The number of amides is 1. The number of piperidine rings is 1. The molecule has 4 nitrogen and oxygen atoms in total. The molecule has 0 aromatic rings. The zero-order valence-electron chi connectivity index (χ0n) is 12.3. The molecule has 3 unspecified atom stereocenters. The molecule has 0 saturated carbocycles. The monoisotopic (exact) mass is 287 g/mol. The van der Waals surface area contributed by atoms with E-state index < -0.39 is 0 Å². The van der Waals surface area contributed by atoms with Crippen LogP contribution in [0.2, 0.25) is 0 Å². The summed E-state index contributed by atoms with van der Waals surface area (Å²) in [4.78, 5) is 25.5. The number of carbonyl (C=O) groups excluding carboxylic acids is 2. The second-order valence-electron chi connectivity index (χ2n) is 5.37. The minimum absolute atomic E-state index is 0.154. The van der Waals surface area contributed by atoms with Crippen molar-refractivity contribution in [3.8, 4) is 0 Å². The highest BCUT2D eigenvalue weighted by atomic mass is 32.2. The number of methoxy groups -OCH3 is 1. The van der Waals surface area contributed by atoms with Gasteiger partial charge >= 0.3 is 5.97 Å². The average Bonchev–Trinajstić information content (AvgIpc) is 2.37. The Labute approximate surface area is 120 Å². The van der Waals surface area contributed by atoms with Gasteiger partial charge in [0, 0.05) is 17.8 Å². The molecule has 1 amide bonds. The Hall–Kier alpha value is -0.710. The van der Waals surface area contributed by atoms with Crippen LogP contribution in [0.4, 0.5) is 0 Å². The van der Waals surface area contributed by atoms with Gasteiger partial charge in [-0.05, 0) is 33.1 Å².